The van der Waals surface area contributed by atoms with E-state index in [2.05, 4.69) is 4.72 Å². The maximum Gasteiger partial charge on any atom is 0.289 e. The third-order valence-corrected chi connectivity index (χ3v) is 8.40. The lowest BCUT2D eigenvalue weighted by molar-refractivity contribution is -0.387. The smallest absolute Gasteiger partial charge is 0.258 e. The summed E-state index contributed by atoms with van der Waals surface area (Å²) in [6, 6.07) is 5.45. The van der Waals surface area contributed by atoms with E-state index in [-0.39, 0.29) is 22.0 Å². The van der Waals surface area contributed by atoms with Crippen molar-refractivity contribution >= 4 is 15.7 Å². The van der Waals surface area contributed by atoms with E-state index in [0.717, 1.165) is 37.0 Å². The monoisotopic (exact) mass is 378 g/mol. The average molecular weight is 378 g/mol. The lowest BCUT2D eigenvalue weighted by Crippen LogP contribution is -2.56. The standard InChI is InChI=1S/C19H26N2O4S/c1-2-18(19-10-13-7-14(11-19)9-15(8-13)12-19)20-26(24,25)17-6-4-3-5-16(17)21(22)23/h3-6,13-15,18,20H,2,7-12H2,1H3. The number of hydrogen-bond donors (Lipinski definition) is 1. The molecule has 0 amide bonds. The van der Waals surface area contributed by atoms with Crippen molar-refractivity contribution in [3.05, 3.63) is 34.4 Å². The molecule has 1 N–H and O–H groups in total. The molecule has 4 fully saturated rings. The third kappa shape index (κ3) is 2.95. The van der Waals surface area contributed by atoms with Crippen molar-refractivity contribution in [2.24, 2.45) is 23.2 Å². The van der Waals surface area contributed by atoms with Gasteiger partial charge in [-0.1, -0.05) is 19.1 Å². The molecule has 0 aliphatic heterocycles. The molecule has 0 aromatic heterocycles. The first-order chi connectivity index (χ1) is 12.3. The van der Waals surface area contributed by atoms with E-state index in [1.807, 2.05) is 6.92 Å². The van der Waals surface area contributed by atoms with Crippen molar-refractivity contribution in [1.82, 2.24) is 4.72 Å². The molecule has 5 rings (SSSR count). The van der Waals surface area contributed by atoms with Gasteiger partial charge in [0.1, 0.15) is 0 Å². The first-order valence-corrected chi connectivity index (χ1v) is 11.1. The van der Waals surface area contributed by atoms with E-state index >= 15 is 0 Å². The molecule has 1 aromatic carbocycles. The molecule has 4 bridgehead atoms. The van der Waals surface area contributed by atoms with Crippen LogP contribution in [0.1, 0.15) is 51.9 Å². The molecular weight excluding hydrogens is 352 g/mol. The van der Waals surface area contributed by atoms with Crippen LogP contribution in [0.4, 0.5) is 5.69 Å². The van der Waals surface area contributed by atoms with Gasteiger partial charge in [0.05, 0.1) is 4.92 Å². The second-order valence-electron chi connectivity index (χ2n) is 8.59. The second kappa shape index (κ2) is 6.30. The molecule has 0 heterocycles. The van der Waals surface area contributed by atoms with Gasteiger partial charge in [-0.3, -0.25) is 10.1 Å². The highest BCUT2D eigenvalue weighted by Gasteiger charge is 2.54. The predicted octanol–water partition coefficient (Wildman–Crippen LogP) is 3.87. The van der Waals surface area contributed by atoms with Crippen LogP contribution in [-0.4, -0.2) is 19.4 Å². The fourth-order valence-electron chi connectivity index (χ4n) is 6.33. The van der Waals surface area contributed by atoms with Crippen molar-refractivity contribution in [3.8, 4) is 0 Å². The van der Waals surface area contributed by atoms with Gasteiger partial charge in [0.2, 0.25) is 10.0 Å². The summed E-state index contributed by atoms with van der Waals surface area (Å²) in [6.45, 7) is 2.02. The third-order valence-electron chi connectivity index (χ3n) is 6.88. The molecule has 6 nitrogen and oxygen atoms in total. The van der Waals surface area contributed by atoms with Crippen LogP contribution < -0.4 is 4.72 Å². The van der Waals surface area contributed by atoms with Crippen molar-refractivity contribution in [2.45, 2.75) is 62.8 Å². The Bertz CT molecular complexity index is 785. The van der Waals surface area contributed by atoms with Crippen LogP contribution in [0.3, 0.4) is 0 Å². The largest absolute Gasteiger partial charge is 0.289 e. The topological polar surface area (TPSA) is 89.3 Å². The zero-order valence-corrected chi connectivity index (χ0v) is 15.9. The molecule has 1 unspecified atom stereocenters. The molecule has 1 aromatic rings. The lowest BCUT2D eigenvalue weighted by Gasteiger charge is -2.59. The fourth-order valence-corrected chi connectivity index (χ4v) is 7.93. The van der Waals surface area contributed by atoms with Crippen molar-refractivity contribution in [2.75, 3.05) is 0 Å². The highest BCUT2D eigenvalue weighted by Crippen LogP contribution is 2.61. The summed E-state index contributed by atoms with van der Waals surface area (Å²) in [5.74, 6) is 2.18. The summed E-state index contributed by atoms with van der Waals surface area (Å²) in [6.07, 6.45) is 7.89. The van der Waals surface area contributed by atoms with E-state index in [0.29, 0.717) is 6.42 Å². The van der Waals surface area contributed by atoms with E-state index < -0.39 is 14.9 Å². The van der Waals surface area contributed by atoms with E-state index in [1.165, 1.54) is 43.5 Å². The van der Waals surface area contributed by atoms with Crippen molar-refractivity contribution < 1.29 is 13.3 Å². The molecule has 0 spiro atoms. The normalized spacial score (nSPS) is 34.0. The quantitative estimate of drug-likeness (QED) is 0.601. The van der Waals surface area contributed by atoms with Gasteiger partial charge in [-0.2, -0.15) is 0 Å². The fraction of sp³-hybridized carbons (Fsp3) is 0.684. The van der Waals surface area contributed by atoms with Gasteiger partial charge >= 0.3 is 0 Å². The van der Waals surface area contributed by atoms with E-state index in [1.54, 1.807) is 0 Å². The van der Waals surface area contributed by atoms with Crippen LogP contribution in [0.5, 0.6) is 0 Å². The van der Waals surface area contributed by atoms with Gasteiger partial charge in [0.15, 0.2) is 4.90 Å². The van der Waals surface area contributed by atoms with E-state index in [4.69, 9.17) is 0 Å². The van der Waals surface area contributed by atoms with Crippen LogP contribution in [0.25, 0.3) is 0 Å². The average Bonchev–Trinajstić information content (AvgIpc) is 2.58. The molecule has 142 valence electrons. The number of hydrogen-bond acceptors (Lipinski definition) is 4. The highest BCUT2D eigenvalue weighted by atomic mass is 32.2. The van der Waals surface area contributed by atoms with Crippen LogP contribution in [0.2, 0.25) is 0 Å². The molecule has 7 heteroatoms. The molecule has 26 heavy (non-hydrogen) atoms. The minimum atomic E-state index is -3.93. The summed E-state index contributed by atoms with van der Waals surface area (Å²) in [5, 5.41) is 11.3. The van der Waals surface area contributed by atoms with Gasteiger partial charge in [0.25, 0.3) is 5.69 Å². The minimum absolute atomic E-state index is 0.0279. The summed E-state index contributed by atoms with van der Waals surface area (Å²) >= 11 is 0. The van der Waals surface area contributed by atoms with Crippen molar-refractivity contribution in [1.29, 1.82) is 0 Å². The lowest BCUT2D eigenvalue weighted by atomic mass is 9.47. The Morgan fingerprint density at radius 1 is 1.15 bits per heavy atom. The summed E-state index contributed by atoms with van der Waals surface area (Å²) in [5.41, 5.74) is -0.333. The number of nitrogens with zero attached hydrogens (tertiary/aromatic N) is 1. The Balaban J connectivity index is 1.64. The minimum Gasteiger partial charge on any atom is -0.258 e. The number of benzene rings is 1. The molecule has 1 atom stereocenters. The van der Waals surface area contributed by atoms with Gasteiger partial charge < -0.3 is 0 Å². The number of nitro benzene ring substituents is 1. The number of nitro groups is 1. The molecular formula is C19H26N2O4S. The maximum atomic E-state index is 13.0. The number of rotatable bonds is 6. The Morgan fingerprint density at radius 2 is 1.69 bits per heavy atom. The zero-order valence-electron chi connectivity index (χ0n) is 15.1. The first kappa shape index (κ1) is 17.9. The second-order valence-corrected chi connectivity index (χ2v) is 10.3. The molecule has 0 radical (unpaired) electrons. The first-order valence-electron chi connectivity index (χ1n) is 9.59. The van der Waals surface area contributed by atoms with E-state index in [9.17, 15) is 18.5 Å². The number of para-hydroxylation sites is 1. The highest BCUT2D eigenvalue weighted by molar-refractivity contribution is 7.89. The SMILES string of the molecule is CCC(NS(=O)(=O)c1ccccc1[N+](=O)[O-])C12CC3CC(CC(C3)C1)C2. The molecule has 4 aliphatic rings. The summed E-state index contributed by atoms with van der Waals surface area (Å²) in [7, 11) is -3.93. The van der Waals surface area contributed by atoms with Crippen LogP contribution in [-0.2, 0) is 10.0 Å². The molecule has 0 saturated heterocycles. The van der Waals surface area contributed by atoms with Crippen molar-refractivity contribution in [3.63, 3.8) is 0 Å². The predicted molar refractivity (Wildman–Crippen MR) is 98.1 cm³/mol. The van der Waals surface area contributed by atoms with Crippen LogP contribution in [0.15, 0.2) is 29.2 Å². The van der Waals surface area contributed by atoms with Gasteiger partial charge in [-0.05, 0) is 74.2 Å². The van der Waals surface area contributed by atoms with Crippen LogP contribution >= 0.6 is 0 Å². The summed E-state index contributed by atoms with van der Waals surface area (Å²) < 4.78 is 28.9. The molecule has 4 aliphatic carbocycles. The Hall–Kier alpha value is -1.47. The van der Waals surface area contributed by atoms with Gasteiger partial charge in [-0.25, -0.2) is 13.1 Å². The summed E-state index contributed by atoms with van der Waals surface area (Å²) in [4.78, 5) is 10.4. The number of sulfonamides is 1. The van der Waals surface area contributed by atoms with Gasteiger partial charge in [0, 0.05) is 12.1 Å². The maximum absolute atomic E-state index is 13.0. The van der Waals surface area contributed by atoms with Crippen LogP contribution in [0, 0.1) is 33.3 Å². The Labute approximate surface area is 154 Å². The zero-order chi connectivity index (χ0) is 18.5. The number of nitrogens with one attached hydrogen (secondary N) is 1. The Morgan fingerprint density at radius 3 is 2.19 bits per heavy atom. The van der Waals surface area contributed by atoms with Gasteiger partial charge in [-0.15, -0.1) is 0 Å². The molecule has 4 saturated carbocycles. The Kier molecular flexibility index (Phi) is 4.34.